The van der Waals surface area contributed by atoms with Crippen LogP contribution in [0.5, 0.6) is 0 Å². The third-order valence-electron chi connectivity index (χ3n) is 5.44. The van der Waals surface area contributed by atoms with Gasteiger partial charge in [0.25, 0.3) is 0 Å². The molecule has 7 nitrogen and oxygen atoms in total. The molecule has 0 spiro atoms. The smallest absolute Gasteiger partial charge is 0.225 e. The molecule has 1 aliphatic carbocycles. The molecule has 1 aromatic rings. The van der Waals surface area contributed by atoms with E-state index in [-0.39, 0.29) is 5.92 Å². The van der Waals surface area contributed by atoms with Crippen LogP contribution in [0.15, 0.2) is 18.6 Å². The fourth-order valence-corrected chi connectivity index (χ4v) is 4.10. The van der Waals surface area contributed by atoms with Gasteiger partial charge in [0.15, 0.2) is 0 Å². The van der Waals surface area contributed by atoms with Crippen LogP contribution in [0.3, 0.4) is 0 Å². The number of carbonyl (C=O) groups is 1. The number of ether oxygens (including phenoxy) is 1. The summed E-state index contributed by atoms with van der Waals surface area (Å²) < 4.78 is 5.81. The molecule has 2 saturated heterocycles. The quantitative estimate of drug-likeness (QED) is 0.840. The summed E-state index contributed by atoms with van der Waals surface area (Å²) in [5.74, 6) is 1.36. The number of morpholine rings is 1. The molecular formula is C17H25N5O2. The van der Waals surface area contributed by atoms with Gasteiger partial charge in [-0.15, -0.1) is 0 Å². The van der Waals surface area contributed by atoms with E-state index in [0.717, 1.165) is 64.4 Å². The molecule has 0 radical (unpaired) electrons. The number of piperazine rings is 1. The molecule has 24 heavy (non-hydrogen) atoms. The first-order chi connectivity index (χ1) is 11.8. The molecule has 1 aromatic heterocycles. The van der Waals surface area contributed by atoms with Gasteiger partial charge in [-0.1, -0.05) is 0 Å². The Bertz CT molecular complexity index is 561. The van der Waals surface area contributed by atoms with Crippen molar-refractivity contribution in [3.8, 4) is 0 Å². The Kier molecular flexibility index (Phi) is 4.62. The number of hydrogen-bond acceptors (Lipinski definition) is 6. The summed E-state index contributed by atoms with van der Waals surface area (Å²) in [5, 5.41) is 3.52. The minimum atomic E-state index is 0.142. The number of anilines is 1. The maximum Gasteiger partial charge on any atom is 0.225 e. The van der Waals surface area contributed by atoms with Crippen molar-refractivity contribution in [2.75, 3.05) is 44.2 Å². The Labute approximate surface area is 142 Å². The third kappa shape index (κ3) is 3.23. The average molecular weight is 331 g/mol. The van der Waals surface area contributed by atoms with E-state index in [2.05, 4.69) is 20.2 Å². The van der Waals surface area contributed by atoms with E-state index < -0.39 is 0 Å². The SMILES string of the molecule is O=C([C@H]1CC[C@H]2OCCN[C@@H]2C1)N1CCN(c2cnccn2)CC1. The standard InChI is InChI=1S/C17H25N5O2/c23-17(13-1-2-15-14(11-13)19-5-10-24-15)22-8-6-21(7-9-22)16-12-18-3-4-20-16/h3-4,12-15,19H,1-2,5-11H2/t13-,14+,15+/m0/s1. The number of nitrogens with zero attached hydrogens (tertiary/aromatic N) is 4. The van der Waals surface area contributed by atoms with E-state index in [1.165, 1.54) is 0 Å². The minimum Gasteiger partial charge on any atom is -0.375 e. The number of fused-ring (bicyclic) bond motifs is 1. The van der Waals surface area contributed by atoms with Crippen LogP contribution in [0, 0.1) is 5.92 Å². The first-order valence-electron chi connectivity index (χ1n) is 8.96. The van der Waals surface area contributed by atoms with Crippen LogP contribution in [-0.4, -0.2) is 72.3 Å². The maximum atomic E-state index is 12.9. The largest absolute Gasteiger partial charge is 0.375 e. The van der Waals surface area contributed by atoms with Gasteiger partial charge < -0.3 is 19.9 Å². The van der Waals surface area contributed by atoms with Gasteiger partial charge in [0, 0.05) is 57.1 Å². The Morgan fingerprint density at radius 1 is 1.21 bits per heavy atom. The van der Waals surface area contributed by atoms with E-state index in [4.69, 9.17) is 4.74 Å². The zero-order valence-corrected chi connectivity index (χ0v) is 13.9. The Balaban J connectivity index is 1.31. The third-order valence-corrected chi connectivity index (χ3v) is 5.44. The molecule has 2 aliphatic heterocycles. The molecule has 3 fully saturated rings. The van der Waals surface area contributed by atoms with Crippen molar-refractivity contribution in [1.82, 2.24) is 20.2 Å². The summed E-state index contributed by atoms with van der Waals surface area (Å²) in [6, 6.07) is 0.349. The molecule has 0 bridgehead atoms. The predicted octanol–water partition coefficient (Wildman–Crippen LogP) is 0.282. The van der Waals surface area contributed by atoms with Crippen molar-refractivity contribution < 1.29 is 9.53 Å². The van der Waals surface area contributed by atoms with Crippen LogP contribution >= 0.6 is 0 Å². The highest BCUT2D eigenvalue weighted by molar-refractivity contribution is 5.79. The molecule has 3 atom stereocenters. The Hall–Kier alpha value is -1.73. The highest BCUT2D eigenvalue weighted by Crippen LogP contribution is 2.30. The number of hydrogen-bond donors (Lipinski definition) is 1. The lowest BCUT2D eigenvalue weighted by Crippen LogP contribution is -2.55. The molecule has 1 N–H and O–H groups in total. The first kappa shape index (κ1) is 15.8. The molecule has 7 heteroatoms. The molecule has 0 aromatic carbocycles. The van der Waals surface area contributed by atoms with Crippen LogP contribution < -0.4 is 10.2 Å². The monoisotopic (exact) mass is 331 g/mol. The highest BCUT2D eigenvalue weighted by Gasteiger charge is 2.37. The topological polar surface area (TPSA) is 70.6 Å². The molecule has 3 heterocycles. The lowest BCUT2D eigenvalue weighted by Gasteiger charge is -2.42. The summed E-state index contributed by atoms with van der Waals surface area (Å²) in [5.41, 5.74) is 0. The second-order valence-corrected chi connectivity index (χ2v) is 6.86. The number of aromatic nitrogens is 2. The Morgan fingerprint density at radius 2 is 2.08 bits per heavy atom. The summed E-state index contributed by atoms with van der Waals surface area (Å²) in [6.07, 6.45) is 8.34. The first-order valence-corrected chi connectivity index (χ1v) is 8.96. The van der Waals surface area contributed by atoms with E-state index in [0.29, 0.717) is 18.1 Å². The van der Waals surface area contributed by atoms with E-state index >= 15 is 0 Å². The predicted molar refractivity (Wildman–Crippen MR) is 89.7 cm³/mol. The molecule has 0 unspecified atom stereocenters. The van der Waals surface area contributed by atoms with Gasteiger partial charge in [-0.25, -0.2) is 4.98 Å². The molecule has 1 amide bonds. The van der Waals surface area contributed by atoms with Gasteiger partial charge in [-0.05, 0) is 19.3 Å². The van der Waals surface area contributed by atoms with Gasteiger partial charge >= 0.3 is 0 Å². The van der Waals surface area contributed by atoms with Gasteiger partial charge in [0.2, 0.25) is 5.91 Å². The normalized spacial score (nSPS) is 30.8. The van der Waals surface area contributed by atoms with Crippen LogP contribution in [0.2, 0.25) is 0 Å². The molecule has 130 valence electrons. The van der Waals surface area contributed by atoms with Crippen molar-refractivity contribution in [3.05, 3.63) is 18.6 Å². The van der Waals surface area contributed by atoms with Crippen LogP contribution in [-0.2, 0) is 9.53 Å². The Morgan fingerprint density at radius 3 is 2.88 bits per heavy atom. The summed E-state index contributed by atoms with van der Waals surface area (Å²) in [7, 11) is 0. The van der Waals surface area contributed by atoms with Crippen molar-refractivity contribution >= 4 is 11.7 Å². The van der Waals surface area contributed by atoms with E-state index in [1.54, 1.807) is 18.6 Å². The number of carbonyl (C=O) groups excluding carboxylic acids is 1. The van der Waals surface area contributed by atoms with Gasteiger partial charge in [0.05, 0.1) is 18.9 Å². The fourth-order valence-electron chi connectivity index (χ4n) is 4.10. The zero-order chi connectivity index (χ0) is 16.4. The summed E-state index contributed by atoms with van der Waals surface area (Å²) in [6.45, 7) is 4.88. The zero-order valence-electron chi connectivity index (χ0n) is 13.9. The number of rotatable bonds is 2. The molecule has 3 aliphatic rings. The lowest BCUT2D eigenvalue weighted by molar-refractivity contribution is -0.139. The van der Waals surface area contributed by atoms with Gasteiger partial charge in [-0.3, -0.25) is 9.78 Å². The van der Waals surface area contributed by atoms with Gasteiger partial charge in [-0.2, -0.15) is 0 Å². The second-order valence-electron chi connectivity index (χ2n) is 6.86. The van der Waals surface area contributed by atoms with Crippen molar-refractivity contribution in [1.29, 1.82) is 0 Å². The minimum absolute atomic E-state index is 0.142. The molecular weight excluding hydrogens is 306 g/mol. The number of nitrogens with one attached hydrogen (secondary N) is 1. The maximum absolute atomic E-state index is 12.9. The summed E-state index contributed by atoms with van der Waals surface area (Å²) >= 11 is 0. The fraction of sp³-hybridized carbons (Fsp3) is 0.706. The van der Waals surface area contributed by atoms with Gasteiger partial charge in [0.1, 0.15) is 5.82 Å². The average Bonchev–Trinajstić information content (AvgIpc) is 2.68. The molecule has 1 saturated carbocycles. The van der Waals surface area contributed by atoms with Crippen LogP contribution in [0.4, 0.5) is 5.82 Å². The second kappa shape index (κ2) is 7.03. The van der Waals surface area contributed by atoms with E-state index in [9.17, 15) is 4.79 Å². The van der Waals surface area contributed by atoms with Crippen molar-refractivity contribution in [3.63, 3.8) is 0 Å². The van der Waals surface area contributed by atoms with Crippen molar-refractivity contribution in [2.24, 2.45) is 5.92 Å². The van der Waals surface area contributed by atoms with E-state index in [1.807, 2.05) is 4.90 Å². The molecule has 4 rings (SSSR count). The highest BCUT2D eigenvalue weighted by atomic mass is 16.5. The van der Waals surface area contributed by atoms with Crippen LogP contribution in [0.1, 0.15) is 19.3 Å². The number of amides is 1. The van der Waals surface area contributed by atoms with Crippen molar-refractivity contribution in [2.45, 2.75) is 31.4 Å². The lowest BCUT2D eigenvalue weighted by atomic mass is 9.82. The van der Waals surface area contributed by atoms with Crippen LogP contribution in [0.25, 0.3) is 0 Å². The summed E-state index contributed by atoms with van der Waals surface area (Å²) in [4.78, 5) is 25.6.